The molecule has 1 fully saturated rings. The van der Waals surface area contributed by atoms with E-state index in [-0.39, 0.29) is 17.7 Å². The summed E-state index contributed by atoms with van der Waals surface area (Å²) in [6.45, 7) is 1.52. The van der Waals surface area contributed by atoms with Crippen LogP contribution in [0.3, 0.4) is 0 Å². The standard InChI is InChI=1S/C19H20N3O2/c23-18(21-16-4-2-1-3-5-16)14-6-8-17(9-7-14)22-19(24)15-10-12-20-13-11-15/h1-9,15H,10-13H2,(H,21,23)(H,22,24). The highest BCUT2D eigenvalue weighted by Gasteiger charge is 2.21. The van der Waals surface area contributed by atoms with E-state index in [1.165, 1.54) is 0 Å². The Kier molecular flexibility index (Phi) is 5.23. The minimum atomic E-state index is -0.173. The van der Waals surface area contributed by atoms with Gasteiger partial charge in [0.15, 0.2) is 0 Å². The average molecular weight is 322 g/mol. The summed E-state index contributed by atoms with van der Waals surface area (Å²) in [6, 6.07) is 16.2. The van der Waals surface area contributed by atoms with E-state index in [2.05, 4.69) is 16.0 Å². The highest BCUT2D eigenvalue weighted by molar-refractivity contribution is 6.04. The lowest BCUT2D eigenvalue weighted by Crippen LogP contribution is -2.31. The number of rotatable bonds is 4. The second-order valence-corrected chi connectivity index (χ2v) is 5.83. The number of benzene rings is 2. The van der Waals surface area contributed by atoms with Gasteiger partial charge in [0.25, 0.3) is 5.91 Å². The third kappa shape index (κ3) is 4.20. The molecule has 3 rings (SSSR count). The van der Waals surface area contributed by atoms with Crippen LogP contribution in [0.5, 0.6) is 0 Å². The fourth-order valence-electron chi connectivity index (χ4n) is 2.69. The number of piperidine rings is 1. The molecule has 1 heterocycles. The van der Waals surface area contributed by atoms with Gasteiger partial charge in [0.2, 0.25) is 5.91 Å². The molecule has 1 radical (unpaired) electrons. The summed E-state index contributed by atoms with van der Waals surface area (Å²) in [5.41, 5.74) is 2.01. The van der Waals surface area contributed by atoms with Crippen LogP contribution in [-0.2, 0) is 4.79 Å². The number of para-hydroxylation sites is 1. The first-order chi connectivity index (χ1) is 11.7. The van der Waals surface area contributed by atoms with Crippen molar-refractivity contribution in [2.24, 2.45) is 5.92 Å². The number of carbonyl (C=O) groups excluding carboxylic acids is 2. The molecule has 1 saturated heterocycles. The van der Waals surface area contributed by atoms with Crippen LogP contribution in [-0.4, -0.2) is 24.9 Å². The van der Waals surface area contributed by atoms with Gasteiger partial charge in [-0.25, -0.2) is 5.32 Å². The quantitative estimate of drug-likeness (QED) is 0.908. The normalized spacial score (nSPS) is 14.8. The van der Waals surface area contributed by atoms with E-state index in [1.54, 1.807) is 24.3 Å². The van der Waals surface area contributed by atoms with E-state index in [9.17, 15) is 9.59 Å². The van der Waals surface area contributed by atoms with Gasteiger partial charge < -0.3 is 10.6 Å². The average Bonchev–Trinajstić information content (AvgIpc) is 2.64. The molecule has 5 heteroatoms. The van der Waals surface area contributed by atoms with Gasteiger partial charge in [-0.05, 0) is 49.2 Å². The first-order valence-corrected chi connectivity index (χ1v) is 8.13. The third-order valence-electron chi connectivity index (χ3n) is 4.09. The highest BCUT2D eigenvalue weighted by Crippen LogP contribution is 2.17. The molecular weight excluding hydrogens is 302 g/mol. The van der Waals surface area contributed by atoms with Crippen LogP contribution < -0.4 is 16.0 Å². The van der Waals surface area contributed by atoms with E-state index in [0.29, 0.717) is 11.3 Å². The van der Waals surface area contributed by atoms with Gasteiger partial charge >= 0.3 is 0 Å². The summed E-state index contributed by atoms with van der Waals surface area (Å²) >= 11 is 0. The van der Waals surface area contributed by atoms with Crippen LogP contribution in [0.4, 0.5) is 11.4 Å². The van der Waals surface area contributed by atoms with E-state index >= 15 is 0 Å². The molecular formula is C19H20N3O2. The molecule has 0 unspecified atom stereocenters. The van der Waals surface area contributed by atoms with E-state index < -0.39 is 0 Å². The van der Waals surface area contributed by atoms with Crippen molar-refractivity contribution < 1.29 is 9.59 Å². The van der Waals surface area contributed by atoms with E-state index in [4.69, 9.17) is 0 Å². The summed E-state index contributed by atoms with van der Waals surface area (Å²) in [4.78, 5) is 24.4. The largest absolute Gasteiger partial charge is 0.326 e. The highest BCUT2D eigenvalue weighted by atomic mass is 16.2. The zero-order valence-corrected chi connectivity index (χ0v) is 13.4. The summed E-state index contributed by atoms with van der Waals surface area (Å²) in [6.07, 6.45) is 1.62. The van der Waals surface area contributed by atoms with Crippen LogP contribution in [0.15, 0.2) is 54.6 Å². The number of nitrogens with zero attached hydrogens (tertiary/aromatic N) is 1. The van der Waals surface area contributed by atoms with Gasteiger partial charge in [-0.3, -0.25) is 9.59 Å². The maximum Gasteiger partial charge on any atom is 0.255 e. The minimum absolute atomic E-state index is 0.0311. The molecule has 5 nitrogen and oxygen atoms in total. The molecule has 2 N–H and O–H groups in total. The molecule has 0 atom stereocenters. The molecule has 0 spiro atoms. The number of hydrogen-bond acceptors (Lipinski definition) is 2. The molecule has 0 aromatic heterocycles. The number of amides is 2. The Morgan fingerprint density at radius 2 is 1.46 bits per heavy atom. The van der Waals surface area contributed by atoms with Gasteiger partial charge in [-0.2, -0.15) is 0 Å². The predicted molar refractivity (Wildman–Crippen MR) is 94.1 cm³/mol. The Morgan fingerprint density at radius 1 is 0.833 bits per heavy atom. The second kappa shape index (κ2) is 7.75. The summed E-state index contributed by atoms with van der Waals surface area (Å²) in [7, 11) is 0. The fourth-order valence-corrected chi connectivity index (χ4v) is 2.69. The van der Waals surface area contributed by atoms with Crippen LogP contribution in [0.25, 0.3) is 0 Å². The van der Waals surface area contributed by atoms with Crippen molar-refractivity contribution in [1.29, 1.82) is 0 Å². The molecule has 0 aliphatic carbocycles. The van der Waals surface area contributed by atoms with Crippen LogP contribution >= 0.6 is 0 Å². The molecule has 2 aromatic rings. The molecule has 123 valence electrons. The van der Waals surface area contributed by atoms with E-state index in [0.717, 1.165) is 31.6 Å². The first kappa shape index (κ1) is 16.2. The van der Waals surface area contributed by atoms with Crippen molar-refractivity contribution >= 4 is 23.2 Å². The molecule has 2 aromatic carbocycles. The smallest absolute Gasteiger partial charge is 0.255 e. The van der Waals surface area contributed by atoms with Crippen LogP contribution in [0.1, 0.15) is 23.2 Å². The fraction of sp³-hybridized carbons (Fsp3) is 0.263. The molecule has 1 aliphatic rings. The topological polar surface area (TPSA) is 72.3 Å². The minimum Gasteiger partial charge on any atom is -0.326 e. The first-order valence-electron chi connectivity index (χ1n) is 8.13. The molecule has 2 amide bonds. The van der Waals surface area contributed by atoms with Gasteiger partial charge in [-0.15, -0.1) is 0 Å². The number of anilines is 2. The van der Waals surface area contributed by atoms with Gasteiger partial charge in [0.05, 0.1) is 0 Å². The molecule has 0 saturated carbocycles. The second-order valence-electron chi connectivity index (χ2n) is 5.83. The Morgan fingerprint density at radius 3 is 2.12 bits per heavy atom. The molecule has 0 bridgehead atoms. The lowest BCUT2D eigenvalue weighted by Gasteiger charge is -2.20. The van der Waals surface area contributed by atoms with Crippen molar-refractivity contribution in [2.75, 3.05) is 23.7 Å². The third-order valence-corrected chi connectivity index (χ3v) is 4.09. The van der Waals surface area contributed by atoms with Crippen molar-refractivity contribution in [2.45, 2.75) is 12.8 Å². The summed E-state index contributed by atoms with van der Waals surface area (Å²) in [5, 5.41) is 10.0. The van der Waals surface area contributed by atoms with Crippen molar-refractivity contribution in [3.63, 3.8) is 0 Å². The van der Waals surface area contributed by atoms with E-state index in [1.807, 2.05) is 30.3 Å². The predicted octanol–water partition coefficient (Wildman–Crippen LogP) is 2.89. The Hall–Kier alpha value is -2.66. The van der Waals surface area contributed by atoms with Crippen molar-refractivity contribution in [3.05, 3.63) is 60.2 Å². The monoisotopic (exact) mass is 322 g/mol. The Bertz CT molecular complexity index is 692. The lowest BCUT2D eigenvalue weighted by atomic mass is 9.97. The molecule has 24 heavy (non-hydrogen) atoms. The molecule has 1 aliphatic heterocycles. The SMILES string of the molecule is O=C(Nc1ccccc1)c1ccc(NC(=O)C2CC[N]CC2)cc1. The number of hydrogen-bond donors (Lipinski definition) is 2. The van der Waals surface area contributed by atoms with Gasteiger partial charge in [-0.1, -0.05) is 18.2 Å². The summed E-state index contributed by atoms with van der Waals surface area (Å²) < 4.78 is 0. The maximum atomic E-state index is 12.2. The Labute approximate surface area is 141 Å². The van der Waals surface area contributed by atoms with Crippen molar-refractivity contribution in [1.82, 2.24) is 5.32 Å². The van der Waals surface area contributed by atoms with Crippen molar-refractivity contribution in [3.8, 4) is 0 Å². The van der Waals surface area contributed by atoms with Crippen LogP contribution in [0, 0.1) is 5.92 Å². The van der Waals surface area contributed by atoms with Gasteiger partial charge in [0, 0.05) is 35.9 Å². The number of carbonyl (C=O) groups is 2. The Balaban J connectivity index is 1.58. The zero-order valence-electron chi connectivity index (χ0n) is 13.4. The van der Waals surface area contributed by atoms with Crippen LogP contribution in [0.2, 0.25) is 0 Å². The van der Waals surface area contributed by atoms with Gasteiger partial charge in [0.1, 0.15) is 0 Å². The summed E-state index contributed by atoms with van der Waals surface area (Å²) in [5.74, 6) is -0.108. The zero-order chi connectivity index (χ0) is 16.8. The lowest BCUT2D eigenvalue weighted by molar-refractivity contribution is -0.120. The maximum absolute atomic E-state index is 12.2. The number of nitrogens with one attached hydrogen (secondary N) is 2.